The van der Waals surface area contributed by atoms with Crippen LogP contribution in [0.5, 0.6) is 0 Å². The maximum atomic E-state index is 11.4. The minimum atomic E-state index is -2.41. The molecule has 0 aliphatic carbocycles. The molecule has 4 heteroatoms. The van der Waals surface area contributed by atoms with Crippen LogP contribution >= 0.6 is 8.25 Å². The molecule has 0 saturated carbocycles. The molecule has 0 spiro atoms. The molecule has 0 radical (unpaired) electrons. The summed E-state index contributed by atoms with van der Waals surface area (Å²) < 4.78 is 21.3. The standard InChI is InChI=1S/C16H31O3P/c1-3-5-7-9-11-13-15-18-20(17)19-16-14-12-10-8-6-4-2/h13-16,20H,3-12H2,1-2H3/b15-13+,16-14+. The zero-order chi connectivity index (χ0) is 14.9. The monoisotopic (exact) mass is 302 g/mol. The molecule has 0 bridgehead atoms. The van der Waals surface area contributed by atoms with Gasteiger partial charge in [0.15, 0.2) is 0 Å². The summed E-state index contributed by atoms with van der Waals surface area (Å²) in [4.78, 5) is 0. The van der Waals surface area contributed by atoms with Gasteiger partial charge in [0.25, 0.3) is 0 Å². The topological polar surface area (TPSA) is 35.5 Å². The van der Waals surface area contributed by atoms with E-state index in [4.69, 9.17) is 9.05 Å². The van der Waals surface area contributed by atoms with Crippen molar-refractivity contribution in [2.75, 3.05) is 0 Å². The average Bonchev–Trinajstić information content (AvgIpc) is 2.45. The lowest BCUT2D eigenvalue weighted by molar-refractivity contribution is 0.354. The van der Waals surface area contributed by atoms with Gasteiger partial charge in [0, 0.05) is 0 Å². The summed E-state index contributed by atoms with van der Waals surface area (Å²) in [7, 11) is -2.41. The van der Waals surface area contributed by atoms with E-state index < -0.39 is 8.25 Å². The van der Waals surface area contributed by atoms with Gasteiger partial charge >= 0.3 is 8.25 Å². The van der Waals surface area contributed by atoms with E-state index >= 15 is 0 Å². The lowest BCUT2D eigenvalue weighted by Gasteiger charge is -2.00. The van der Waals surface area contributed by atoms with Crippen molar-refractivity contribution in [1.82, 2.24) is 0 Å². The highest BCUT2D eigenvalue weighted by Gasteiger charge is 1.92. The first kappa shape index (κ1) is 19.3. The van der Waals surface area contributed by atoms with Gasteiger partial charge in [-0.1, -0.05) is 52.4 Å². The van der Waals surface area contributed by atoms with Crippen molar-refractivity contribution in [3.63, 3.8) is 0 Å². The highest BCUT2D eigenvalue weighted by Crippen LogP contribution is 2.24. The van der Waals surface area contributed by atoms with E-state index in [1.807, 2.05) is 12.2 Å². The van der Waals surface area contributed by atoms with E-state index in [2.05, 4.69) is 13.8 Å². The third-order valence-electron chi connectivity index (χ3n) is 2.97. The SMILES string of the molecule is CCCCCC/C=C/O[PH](=O)O/C=C/CCCCCC. The van der Waals surface area contributed by atoms with Crippen LogP contribution in [-0.4, -0.2) is 0 Å². The molecule has 0 aliphatic heterocycles. The Bertz CT molecular complexity index is 249. The van der Waals surface area contributed by atoms with Gasteiger partial charge in [-0.2, -0.15) is 0 Å². The first-order valence-electron chi connectivity index (χ1n) is 7.98. The van der Waals surface area contributed by atoms with Crippen molar-refractivity contribution in [3.05, 3.63) is 24.7 Å². The molecule has 3 nitrogen and oxygen atoms in total. The highest BCUT2D eigenvalue weighted by atomic mass is 31.1. The van der Waals surface area contributed by atoms with Gasteiger partial charge in [0.2, 0.25) is 0 Å². The normalized spacial score (nSPS) is 11.8. The molecule has 0 aromatic rings. The maximum absolute atomic E-state index is 11.4. The van der Waals surface area contributed by atoms with Gasteiger partial charge in [0.1, 0.15) is 0 Å². The zero-order valence-electron chi connectivity index (χ0n) is 13.1. The molecule has 0 atom stereocenters. The molecular formula is C16H31O3P. The largest absolute Gasteiger partial charge is 0.426 e. The van der Waals surface area contributed by atoms with Crippen LogP contribution in [0.2, 0.25) is 0 Å². The highest BCUT2D eigenvalue weighted by molar-refractivity contribution is 7.33. The molecule has 20 heavy (non-hydrogen) atoms. The predicted molar refractivity (Wildman–Crippen MR) is 87.0 cm³/mol. The quantitative estimate of drug-likeness (QED) is 0.212. The Labute approximate surface area is 125 Å². The van der Waals surface area contributed by atoms with Gasteiger partial charge in [-0.15, -0.1) is 0 Å². The molecule has 0 aromatic heterocycles. The third kappa shape index (κ3) is 15.4. The van der Waals surface area contributed by atoms with E-state index in [9.17, 15) is 4.57 Å². The number of unbranched alkanes of at least 4 members (excludes halogenated alkanes) is 8. The fourth-order valence-corrected chi connectivity index (χ4v) is 2.22. The summed E-state index contributed by atoms with van der Waals surface area (Å²) in [6, 6.07) is 0. The summed E-state index contributed by atoms with van der Waals surface area (Å²) in [6.07, 6.45) is 18.6. The van der Waals surface area contributed by atoms with Crippen molar-refractivity contribution >= 4 is 8.25 Å². The number of hydrogen-bond acceptors (Lipinski definition) is 3. The lowest BCUT2D eigenvalue weighted by atomic mass is 10.2. The Balaban J connectivity index is 3.39. The van der Waals surface area contributed by atoms with Crippen molar-refractivity contribution in [1.29, 1.82) is 0 Å². The van der Waals surface area contributed by atoms with E-state index in [-0.39, 0.29) is 0 Å². The number of allylic oxidation sites excluding steroid dienone is 2. The number of hydrogen-bond donors (Lipinski definition) is 0. The maximum Gasteiger partial charge on any atom is 0.417 e. The fraction of sp³-hybridized carbons (Fsp3) is 0.750. The average molecular weight is 302 g/mol. The Morgan fingerprint density at radius 1 is 0.750 bits per heavy atom. The van der Waals surface area contributed by atoms with Crippen molar-refractivity contribution in [3.8, 4) is 0 Å². The molecule has 0 heterocycles. The molecular weight excluding hydrogens is 271 g/mol. The van der Waals surface area contributed by atoms with Crippen LogP contribution in [0.3, 0.4) is 0 Å². The second kappa shape index (κ2) is 16.4. The lowest BCUT2D eigenvalue weighted by Crippen LogP contribution is -1.75. The van der Waals surface area contributed by atoms with Crippen LogP contribution in [0.25, 0.3) is 0 Å². The van der Waals surface area contributed by atoms with Crippen LogP contribution < -0.4 is 0 Å². The zero-order valence-corrected chi connectivity index (χ0v) is 14.1. The summed E-state index contributed by atoms with van der Waals surface area (Å²) in [5.74, 6) is 0. The Kier molecular flexibility index (Phi) is 15.8. The smallest absolute Gasteiger partial charge is 0.417 e. The van der Waals surface area contributed by atoms with Gasteiger partial charge in [-0.05, 0) is 37.8 Å². The van der Waals surface area contributed by atoms with E-state index in [1.54, 1.807) is 0 Å². The van der Waals surface area contributed by atoms with Crippen LogP contribution in [0.1, 0.15) is 78.1 Å². The van der Waals surface area contributed by atoms with Crippen LogP contribution in [0.4, 0.5) is 0 Å². The Morgan fingerprint density at radius 2 is 1.20 bits per heavy atom. The molecule has 118 valence electrons. The van der Waals surface area contributed by atoms with Gasteiger partial charge in [0.05, 0.1) is 12.5 Å². The van der Waals surface area contributed by atoms with Crippen molar-refractivity contribution in [2.45, 2.75) is 78.1 Å². The van der Waals surface area contributed by atoms with Crippen LogP contribution in [-0.2, 0) is 13.6 Å². The molecule has 0 N–H and O–H groups in total. The first-order valence-corrected chi connectivity index (χ1v) is 9.21. The molecule has 0 amide bonds. The third-order valence-corrected chi connectivity index (χ3v) is 3.63. The summed E-state index contributed by atoms with van der Waals surface area (Å²) in [5.41, 5.74) is 0. The van der Waals surface area contributed by atoms with E-state index in [1.165, 1.54) is 51.0 Å². The number of rotatable bonds is 14. The molecule has 0 unspecified atom stereocenters. The predicted octanol–water partition coefficient (Wildman–Crippen LogP) is 6.38. The molecule has 0 aromatic carbocycles. The second-order valence-electron chi connectivity index (χ2n) is 4.93. The Hall–Kier alpha value is -0.690. The minimum Gasteiger partial charge on any atom is -0.426 e. The summed E-state index contributed by atoms with van der Waals surface area (Å²) >= 11 is 0. The van der Waals surface area contributed by atoms with E-state index in [0.29, 0.717) is 0 Å². The molecule has 0 aliphatic rings. The van der Waals surface area contributed by atoms with E-state index in [0.717, 1.165) is 25.7 Å². The fourth-order valence-electron chi connectivity index (χ4n) is 1.75. The van der Waals surface area contributed by atoms with Crippen LogP contribution in [0.15, 0.2) is 24.7 Å². The molecule has 0 fully saturated rings. The molecule has 0 saturated heterocycles. The van der Waals surface area contributed by atoms with Gasteiger partial charge in [-0.25, -0.2) is 4.57 Å². The minimum absolute atomic E-state index is 0.975. The van der Waals surface area contributed by atoms with Gasteiger partial charge < -0.3 is 9.05 Å². The van der Waals surface area contributed by atoms with Crippen molar-refractivity contribution in [2.24, 2.45) is 0 Å². The Morgan fingerprint density at radius 3 is 1.60 bits per heavy atom. The van der Waals surface area contributed by atoms with Gasteiger partial charge in [-0.3, -0.25) is 0 Å². The van der Waals surface area contributed by atoms with Crippen LogP contribution in [0, 0.1) is 0 Å². The second-order valence-corrected chi connectivity index (χ2v) is 5.90. The summed E-state index contributed by atoms with van der Waals surface area (Å²) in [6.45, 7) is 4.39. The van der Waals surface area contributed by atoms with Crippen molar-refractivity contribution < 1.29 is 13.6 Å². The summed E-state index contributed by atoms with van der Waals surface area (Å²) in [5, 5.41) is 0. The first-order chi connectivity index (χ1) is 9.81. The molecule has 0 rings (SSSR count).